The number of nitrogens with zero attached hydrogens (tertiary/aromatic N) is 2. The van der Waals surface area contributed by atoms with Crippen molar-refractivity contribution in [3.05, 3.63) is 34.8 Å². The van der Waals surface area contributed by atoms with Crippen molar-refractivity contribution in [2.75, 3.05) is 17.7 Å². The van der Waals surface area contributed by atoms with E-state index in [0.717, 1.165) is 62.9 Å². The fraction of sp³-hybridized carbons (Fsp3) is 0.571. The molecule has 0 radical (unpaired) electrons. The minimum atomic E-state index is -0.734. The Balaban J connectivity index is 1.63. The van der Waals surface area contributed by atoms with Gasteiger partial charge in [0.25, 0.3) is 11.8 Å². The molecule has 4 N–H and O–H groups in total. The van der Waals surface area contributed by atoms with Gasteiger partial charge in [0.1, 0.15) is 16.7 Å². The van der Waals surface area contributed by atoms with E-state index < -0.39 is 11.9 Å². The molecule has 10 heteroatoms. The average Bonchev–Trinajstić information content (AvgIpc) is 3.58. The average molecular weight is 542 g/mol. The predicted octanol–water partition coefficient (Wildman–Crippen LogP) is 4.67. The van der Waals surface area contributed by atoms with E-state index in [9.17, 15) is 14.4 Å². The van der Waals surface area contributed by atoms with Gasteiger partial charge in [0, 0.05) is 17.8 Å². The Morgan fingerprint density at radius 1 is 1.03 bits per heavy atom. The van der Waals surface area contributed by atoms with Crippen LogP contribution in [0.4, 0.5) is 11.4 Å². The molecule has 2 aliphatic carbocycles. The van der Waals surface area contributed by atoms with Crippen LogP contribution in [0.5, 0.6) is 5.75 Å². The quantitative estimate of drug-likeness (QED) is 0.401. The normalized spacial score (nSPS) is 17.1. The van der Waals surface area contributed by atoms with Crippen LogP contribution in [0.15, 0.2) is 24.3 Å². The van der Waals surface area contributed by atoms with Crippen LogP contribution in [0.1, 0.15) is 97.7 Å². The van der Waals surface area contributed by atoms with Gasteiger partial charge in [-0.1, -0.05) is 45.4 Å². The zero-order valence-corrected chi connectivity index (χ0v) is 23.1. The molecule has 9 nitrogen and oxygen atoms in total. The van der Waals surface area contributed by atoms with Gasteiger partial charge in [0.05, 0.1) is 12.8 Å². The third kappa shape index (κ3) is 6.46. The van der Waals surface area contributed by atoms with Crippen LogP contribution in [0, 0.1) is 0 Å². The van der Waals surface area contributed by atoms with Crippen molar-refractivity contribution in [2.45, 2.75) is 95.7 Å². The van der Waals surface area contributed by atoms with Gasteiger partial charge in [0.15, 0.2) is 5.69 Å². The van der Waals surface area contributed by atoms with Gasteiger partial charge in [-0.25, -0.2) is 0 Å². The van der Waals surface area contributed by atoms with Crippen LogP contribution < -0.4 is 26.0 Å². The Morgan fingerprint density at radius 3 is 2.24 bits per heavy atom. The highest BCUT2D eigenvalue weighted by Crippen LogP contribution is 2.31. The van der Waals surface area contributed by atoms with Crippen LogP contribution in [0.2, 0.25) is 0 Å². The Bertz CT molecular complexity index is 1110. The summed E-state index contributed by atoms with van der Waals surface area (Å²) in [7, 11) is 1.57. The van der Waals surface area contributed by atoms with Crippen molar-refractivity contribution in [2.24, 2.45) is 0 Å². The Morgan fingerprint density at radius 2 is 1.63 bits per heavy atom. The summed E-state index contributed by atoms with van der Waals surface area (Å²) in [6.45, 7) is 1.99. The van der Waals surface area contributed by atoms with E-state index in [4.69, 9.17) is 10.5 Å². The summed E-state index contributed by atoms with van der Waals surface area (Å²) in [6.07, 6.45) is 10.5. The lowest BCUT2D eigenvalue weighted by Crippen LogP contribution is -2.51. The number of amides is 3. The van der Waals surface area contributed by atoms with E-state index in [1.807, 2.05) is 6.92 Å². The lowest BCUT2D eigenvalue weighted by atomic mass is 9.95. The molecule has 1 aromatic heterocycles. The molecule has 0 aliphatic heterocycles. The molecule has 2 aromatic rings. The lowest BCUT2D eigenvalue weighted by Gasteiger charge is -2.31. The van der Waals surface area contributed by atoms with Gasteiger partial charge in [-0.05, 0) is 67.9 Å². The number of methoxy groups -OCH3 is 1. The zero-order chi connectivity index (χ0) is 27.1. The molecule has 1 aromatic carbocycles. The summed E-state index contributed by atoms with van der Waals surface area (Å²) in [4.78, 5) is 42.2. The maximum atomic E-state index is 14.1. The van der Waals surface area contributed by atoms with Crippen LogP contribution in [-0.4, -0.2) is 47.3 Å². The van der Waals surface area contributed by atoms with E-state index in [0.29, 0.717) is 24.3 Å². The summed E-state index contributed by atoms with van der Waals surface area (Å²) in [5.41, 5.74) is 7.05. The van der Waals surface area contributed by atoms with Crippen LogP contribution in [0.25, 0.3) is 0 Å². The number of hydrogen-bond acceptors (Lipinski definition) is 7. The van der Waals surface area contributed by atoms with E-state index in [1.54, 1.807) is 31.4 Å². The van der Waals surface area contributed by atoms with Gasteiger partial charge in [0.2, 0.25) is 5.91 Å². The Labute approximate surface area is 228 Å². The van der Waals surface area contributed by atoms with Gasteiger partial charge in [-0.15, -0.1) is 0 Å². The Kier molecular flexibility index (Phi) is 9.60. The maximum Gasteiger partial charge on any atom is 0.273 e. The van der Waals surface area contributed by atoms with E-state index in [1.165, 1.54) is 11.3 Å². The first-order chi connectivity index (χ1) is 18.4. The Hall–Kier alpha value is -3.14. The number of carbonyl (C=O) groups is 3. The monoisotopic (exact) mass is 541 g/mol. The second kappa shape index (κ2) is 13.1. The number of carbonyl (C=O) groups excluding carboxylic acids is 3. The number of nitrogens with one attached hydrogen (secondary N) is 2. The van der Waals surface area contributed by atoms with Crippen molar-refractivity contribution in [1.29, 1.82) is 0 Å². The molecular formula is C28H39N5O4S. The van der Waals surface area contributed by atoms with Gasteiger partial charge in [-0.2, -0.15) is 4.37 Å². The van der Waals surface area contributed by atoms with Crippen molar-refractivity contribution >= 4 is 40.6 Å². The molecule has 4 rings (SSSR count). The SMILES string of the molecule is CCC[C@@H](C(=O)NC1CCCC1)N(C(=O)c1snc(C(=O)NC2CCCCC2)c1N)c1ccc(OC)cc1. The lowest BCUT2D eigenvalue weighted by molar-refractivity contribution is -0.123. The standard InChI is InChI=1S/C28H39N5O4S/c1-3-9-22(26(34)30-18-12-7-8-13-18)33(20-14-16-21(37-2)17-15-20)28(36)25-23(29)24(32-38-25)27(35)31-19-10-5-4-6-11-19/h14-19,22H,3-13,29H2,1-2H3,(H,30,34)(H,31,35)/t22-/m0/s1. The number of rotatable bonds is 10. The number of nitrogens with two attached hydrogens (primary N) is 1. The molecule has 1 atom stereocenters. The molecule has 3 amide bonds. The molecule has 206 valence electrons. The van der Waals surface area contributed by atoms with Crippen LogP contribution in [0.3, 0.4) is 0 Å². The molecule has 2 saturated carbocycles. The van der Waals surface area contributed by atoms with Gasteiger partial charge >= 0.3 is 0 Å². The zero-order valence-electron chi connectivity index (χ0n) is 22.3. The molecule has 2 fully saturated rings. The summed E-state index contributed by atoms with van der Waals surface area (Å²) in [6, 6.07) is 6.52. The van der Waals surface area contributed by atoms with Crippen molar-refractivity contribution < 1.29 is 19.1 Å². The molecule has 0 bridgehead atoms. The first kappa shape index (κ1) is 27.9. The minimum absolute atomic E-state index is 0.0540. The van der Waals surface area contributed by atoms with E-state index in [-0.39, 0.29) is 40.2 Å². The number of nitrogen functional groups attached to an aromatic ring is 1. The largest absolute Gasteiger partial charge is 0.497 e. The summed E-state index contributed by atoms with van der Waals surface area (Å²) < 4.78 is 9.57. The van der Waals surface area contributed by atoms with Crippen molar-refractivity contribution in [3.8, 4) is 5.75 Å². The smallest absolute Gasteiger partial charge is 0.273 e. The van der Waals surface area contributed by atoms with Crippen LogP contribution >= 0.6 is 11.5 Å². The number of benzene rings is 1. The molecule has 0 unspecified atom stereocenters. The summed E-state index contributed by atoms with van der Waals surface area (Å²) >= 11 is 0.902. The third-order valence-corrected chi connectivity index (χ3v) is 8.38. The first-order valence-corrected chi connectivity index (χ1v) is 14.5. The molecule has 0 saturated heterocycles. The number of hydrogen-bond donors (Lipinski definition) is 3. The van der Waals surface area contributed by atoms with Crippen molar-refractivity contribution in [3.63, 3.8) is 0 Å². The topological polar surface area (TPSA) is 127 Å². The van der Waals surface area contributed by atoms with Gasteiger partial charge in [-0.3, -0.25) is 19.3 Å². The fourth-order valence-corrected chi connectivity index (χ4v) is 6.16. The second-order valence-corrected chi connectivity index (χ2v) is 11.0. The maximum absolute atomic E-state index is 14.1. The van der Waals surface area contributed by atoms with E-state index in [2.05, 4.69) is 15.0 Å². The van der Waals surface area contributed by atoms with Crippen LogP contribution in [-0.2, 0) is 4.79 Å². The molecule has 0 spiro atoms. The molecule has 1 heterocycles. The number of ether oxygens (including phenoxy) is 1. The molecule has 38 heavy (non-hydrogen) atoms. The highest BCUT2D eigenvalue weighted by Gasteiger charge is 2.35. The fourth-order valence-electron chi connectivity index (χ4n) is 5.43. The summed E-state index contributed by atoms with van der Waals surface area (Å²) in [5.74, 6) is -0.337. The molecular weight excluding hydrogens is 502 g/mol. The van der Waals surface area contributed by atoms with Gasteiger partial charge < -0.3 is 21.1 Å². The number of aromatic nitrogens is 1. The highest BCUT2D eigenvalue weighted by molar-refractivity contribution is 7.09. The second-order valence-electron chi connectivity index (χ2n) is 10.2. The highest BCUT2D eigenvalue weighted by atomic mass is 32.1. The minimum Gasteiger partial charge on any atom is -0.497 e. The van der Waals surface area contributed by atoms with E-state index >= 15 is 0 Å². The first-order valence-electron chi connectivity index (χ1n) is 13.8. The predicted molar refractivity (Wildman–Crippen MR) is 150 cm³/mol. The number of anilines is 2. The summed E-state index contributed by atoms with van der Waals surface area (Å²) in [5, 5.41) is 6.19. The van der Waals surface area contributed by atoms with Crippen molar-refractivity contribution in [1.82, 2.24) is 15.0 Å². The molecule has 2 aliphatic rings. The third-order valence-electron chi connectivity index (χ3n) is 7.53.